The maximum Gasteiger partial charge on any atom is 0.331 e. The normalized spacial score (nSPS) is 12.8. The van der Waals surface area contributed by atoms with Crippen molar-refractivity contribution in [1.82, 2.24) is 0 Å². The molecule has 0 saturated heterocycles. The van der Waals surface area contributed by atoms with E-state index in [-0.39, 0.29) is 0 Å². The minimum atomic E-state index is -0.451. The van der Waals surface area contributed by atoms with Crippen molar-refractivity contribution >= 4 is 11.9 Å². The zero-order valence-corrected chi connectivity index (χ0v) is 33.0. The molecule has 0 bridgehead atoms. The molecule has 0 aromatic rings. The number of carbonyl (C=O) groups excluding carboxylic acids is 2. The smallest absolute Gasteiger partial charge is 0.331 e. The zero-order valence-electron chi connectivity index (χ0n) is 33.0. The van der Waals surface area contributed by atoms with Gasteiger partial charge in [0.2, 0.25) is 0 Å². The highest BCUT2D eigenvalue weighted by Crippen LogP contribution is 2.22. The number of carbonyl (C=O) groups is 2. The molecular weight excluding hydrogens is 592 g/mol. The van der Waals surface area contributed by atoms with Crippen LogP contribution < -0.4 is 0 Å². The molecule has 2 unspecified atom stereocenters. The minimum Gasteiger partial charge on any atom is -0.463 e. The zero-order chi connectivity index (χ0) is 35.2. The van der Waals surface area contributed by atoms with Crippen molar-refractivity contribution in [3.63, 3.8) is 0 Å². The summed E-state index contributed by atoms with van der Waals surface area (Å²) < 4.78 is 10.6. The molecule has 0 aromatic heterocycles. The molecule has 0 aliphatic heterocycles. The Morgan fingerprint density at radius 2 is 0.625 bits per heavy atom. The summed E-state index contributed by atoms with van der Waals surface area (Å²) in [6.07, 6.45) is 44.7. The van der Waals surface area contributed by atoms with Crippen LogP contribution in [0.4, 0.5) is 0 Å². The number of rotatable bonds is 38. The average Bonchev–Trinajstić information content (AvgIpc) is 3.09. The molecule has 0 aromatic carbocycles. The number of esters is 2. The highest BCUT2D eigenvalue weighted by molar-refractivity contribution is 5.91. The van der Waals surface area contributed by atoms with Gasteiger partial charge in [0.15, 0.2) is 0 Å². The molecule has 48 heavy (non-hydrogen) atoms. The third-order valence-corrected chi connectivity index (χ3v) is 10.4. The van der Waals surface area contributed by atoms with Crippen LogP contribution in [-0.4, -0.2) is 25.2 Å². The number of hydrogen-bond donors (Lipinski definition) is 0. The molecule has 0 aliphatic rings. The van der Waals surface area contributed by atoms with Gasteiger partial charge in [-0.2, -0.15) is 0 Å². The van der Waals surface area contributed by atoms with Crippen LogP contribution in [0, 0.1) is 11.8 Å². The van der Waals surface area contributed by atoms with Crippen LogP contribution in [0.15, 0.2) is 12.2 Å². The SMILES string of the molecule is CCCCCCCCCCCCCC(CC)CCCCOC(=O)C=CC(=O)OCCCCC(CC)CCCCCCCCCCCCC. The van der Waals surface area contributed by atoms with Gasteiger partial charge >= 0.3 is 11.9 Å². The molecule has 0 amide bonds. The van der Waals surface area contributed by atoms with Gasteiger partial charge in [0.05, 0.1) is 13.2 Å². The molecule has 0 radical (unpaired) electrons. The lowest BCUT2D eigenvalue weighted by Crippen LogP contribution is -2.07. The molecule has 0 heterocycles. The number of unbranched alkanes of at least 4 members (excludes halogenated alkanes) is 22. The standard InChI is InChI=1S/C44H84O4/c1-5-9-11-13-15-17-19-21-23-25-27-33-41(7-3)35-29-31-39-47-43(45)37-38-44(46)48-40-32-30-36-42(8-4)34-28-26-24-22-20-18-16-14-12-10-6-2/h37-38,41-42H,5-36,39-40H2,1-4H3. The lowest BCUT2D eigenvalue weighted by molar-refractivity contribution is -0.140. The second-order valence-electron chi connectivity index (χ2n) is 14.9. The first-order valence-electron chi connectivity index (χ1n) is 21.6. The fourth-order valence-corrected chi connectivity index (χ4v) is 6.95. The molecular formula is C44H84O4. The minimum absolute atomic E-state index is 0.422. The van der Waals surface area contributed by atoms with Crippen molar-refractivity contribution < 1.29 is 19.1 Å². The third-order valence-electron chi connectivity index (χ3n) is 10.4. The fraction of sp³-hybridized carbons (Fsp3) is 0.909. The van der Waals surface area contributed by atoms with Crippen LogP contribution in [0.1, 0.15) is 233 Å². The molecule has 0 spiro atoms. The van der Waals surface area contributed by atoms with Gasteiger partial charge in [-0.15, -0.1) is 0 Å². The van der Waals surface area contributed by atoms with Crippen LogP contribution in [0.2, 0.25) is 0 Å². The van der Waals surface area contributed by atoms with Crippen molar-refractivity contribution in [2.45, 2.75) is 233 Å². The molecule has 0 N–H and O–H groups in total. The van der Waals surface area contributed by atoms with Crippen molar-refractivity contribution in [2.24, 2.45) is 11.8 Å². The summed E-state index contributed by atoms with van der Waals surface area (Å²) in [5.74, 6) is 0.675. The summed E-state index contributed by atoms with van der Waals surface area (Å²) in [5.41, 5.74) is 0. The second kappa shape index (κ2) is 38.5. The van der Waals surface area contributed by atoms with Crippen LogP contribution in [-0.2, 0) is 19.1 Å². The van der Waals surface area contributed by atoms with E-state index in [0.717, 1.165) is 37.5 Å². The number of ether oxygens (including phenoxy) is 2. The van der Waals surface area contributed by atoms with E-state index >= 15 is 0 Å². The van der Waals surface area contributed by atoms with Crippen LogP contribution in [0.5, 0.6) is 0 Å². The van der Waals surface area contributed by atoms with Crippen LogP contribution in [0.3, 0.4) is 0 Å². The van der Waals surface area contributed by atoms with E-state index in [1.807, 2.05) is 0 Å². The number of hydrogen-bond acceptors (Lipinski definition) is 4. The predicted molar refractivity (Wildman–Crippen MR) is 208 cm³/mol. The first-order chi connectivity index (χ1) is 23.6. The first-order valence-corrected chi connectivity index (χ1v) is 21.6. The third kappa shape index (κ3) is 34.5. The van der Waals surface area contributed by atoms with E-state index in [0.29, 0.717) is 13.2 Å². The first kappa shape index (κ1) is 46.7. The summed E-state index contributed by atoms with van der Waals surface area (Å²) in [5, 5.41) is 0. The van der Waals surface area contributed by atoms with E-state index in [1.54, 1.807) is 0 Å². The van der Waals surface area contributed by atoms with E-state index in [9.17, 15) is 9.59 Å². The maximum absolute atomic E-state index is 12.0. The molecule has 4 nitrogen and oxygen atoms in total. The van der Waals surface area contributed by atoms with Crippen molar-refractivity contribution in [3.8, 4) is 0 Å². The molecule has 0 saturated carbocycles. The van der Waals surface area contributed by atoms with E-state index in [2.05, 4.69) is 27.7 Å². The van der Waals surface area contributed by atoms with Gasteiger partial charge in [0, 0.05) is 12.2 Å². The topological polar surface area (TPSA) is 52.6 Å². The molecule has 0 fully saturated rings. The summed E-state index contributed by atoms with van der Waals surface area (Å²) >= 11 is 0. The Hall–Kier alpha value is -1.32. The fourth-order valence-electron chi connectivity index (χ4n) is 6.95. The Balaban J connectivity index is 3.68. The van der Waals surface area contributed by atoms with Gasteiger partial charge in [-0.05, 0) is 37.5 Å². The Labute approximate surface area is 300 Å². The highest BCUT2D eigenvalue weighted by atomic mass is 16.5. The van der Waals surface area contributed by atoms with Gasteiger partial charge in [-0.3, -0.25) is 0 Å². The Kier molecular flexibility index (Phi) is 37.4. The van der Waals surface area contributed by atoms with Gasteiger partial charge < -0.3 is 9.47 Å². The lowest BCUT2D eigenvalue weighted by atomic mass is 9.93. The molecule has 2 atom stereocenters. The highest BCUT2D eigenvalue weighted by Gasteiger charge is 2.08. The second-order valence-corrected chi connectivity index (χ2v) is 14.9. The van der Waals surface area contributed by atoms with Crippen molar-refractivity contribution in [3.05, 3.63) is 12.2 Å². The van der Waals surface area contributed by atoms with Crippen molar-refractivity contribution in [2.75, 3.05) is 13.2 Å². The van der Waals surface area contributed by atoms with E-state index in [4.69, 9.17) is 9.47 Å². The lowest BCUT2D eigenvalue weighted by Gasteiger charge is -2.14. The van der Waals surface area contributed by atoms with Gasteiger partial charge in [-0.1, -0.05) is 207 Å². The van der Waals surface area contributed by atoms with Crippen molar-refractivity contribution in [1.29, 1.82) is 0 Å². The Morgan fingerprint density at radius 3 is 0.896 bits per heavy atom. The van der Waals surface area contributed by atoms with E-state index in [1.165, 1.54) is 192 Å². The summed E-state index contributed by atoms with van der Waals surface area (Å²) in [6.45, 7) is 10.0. The summed E-state index contributed by atoms with van der Waals surface area (Å²) in [4.78, 5) is 24.0. The van der Waals surface area contributed by atoms with E-state index < -0.39 is 11.9 Å². The quantitative estimate of drug-likeness (QED) is 0.0371. The Bertz CT molecular complexity index is 644. The molecule has 4 heteroatoms. The average molecular weight is 677 g/mol. The predicted octanol–water partition coefficient (Wildman–Crippen LogP) is 14.4. The molecule has 0 rings (SSSR count). The summed E-state index contributed by atoms with van der Waals surface area (Å²) in [7, 11) is 0. The monoisotopic (exact) mass is 677 g/mol. The Morgan fingerprint density at radius 1 is 0.375 bits per heavy atom. The molecule has 0 aliphatic carbocycles. The summed E-state index contributed by atoms with van der Waals surface area (Å²) in [6, 6.07) is 0. The van der Waals surface area contributed by atoms with Crippen LogP contribution in [0.25, 0.3) is 0 Å². The van der Waals surface area contributed by atoms with Gasteiger partial charge in [0.25, 0.3) is 0 Å². The maximum atomic E-state index is 12.0. The van der Waals surface area contributed by atoms with Gasteiger partial charge in [-0.25, -0.2) is 9.59 Å². The largest absolute Gasteiger partial charge is 0.463 e. The van der Waals surface area contributed by atoms with Crippen LogP contribution >= 0.6 is 0 Å². The molecule has 284 valence electrons. The van der Waals surface area contributed by atoms with Gasteiger partial charge in [0.1, 0.15) is 0 Å².